The van der Waals surface area contributed by atoms with Gasteiger partial charge >= 0.3 is 12.1 Å². The zero-order valence-corrected chi connectivity index (χ0v) is 10.5. The van der Waals surface area contributed by atoms with Gasteiger partial charge < -0.3 is 15.2 Å². The summed E-state index contributed by atoms with van der Waals surface area (Å²) in [6, 6.07) is -2.05. The summed E-state index contributed by atoms with van der Waals surface area (Å²) in [6.45, 7) is 8.57. The molecule has 0 aromatic rings. The molecule has 0 aliphatic carbocycles. The summed E-state index contributed by atoms with van der Waals surface area (Å²) in [4.78, 5) is 22.4. The van der Waals surface area contributed by atoms with E-state index >= 15 is 0 Å². The van der Waals surface area contributed by atoms with Gasteiger partial charge in [-0.25, -0.2) is 9.59 Å². The summed E-state index contributed by atoms with van der Waals surface area (Å²) in [6.07, 6.45) is -0.878. The van der Waals surface area contributed by atoms with Crippen LogP contribution in [0.2, 0.25) is 0 Å². The van der Waals surface area contributed by atoms with Gasteiger partial charge in [-0.3, -0.25) is 0 Å². The van der Waals surface area contributed by atoms with E-state index in [1.165, 1.54) is 0 Å². The Hall–Kier alpha value is -1.26. The lowest BCUT2D eigenvalue weighted by molar-refractivity contribution is -0.139. The highest BCUT2D eigenvalue weighted by atomic mass is 16.6. The second-order valence-electron chi connectivity index (χ2n) is 5.01. The van der Waals surface area contributed by atoms with Gasteiger partial charge in [-0.2, -0.15) is 0 Å². The summed E-state index contributed by atoms with van der Waals surface area (Å²) in [5.41, 5.74) is -0.721. The van der Waals surface area contributed by atoms with Gasteiger partial charge in [0, 0.05) is 0 Å². The molecule has 0 saturated carbocycles. The Morgan fingerprint density at radius 2 is 1.94 bits per heavy atom. The van der Waals surface area contributed by atoms with E-state index in [2.05, 4.69) is 5.32 Å². The molecule has 0 rings (SSSR count). The van der Waals surface area contributed by atoms with E-state index in [1.807, 2.05) is 0 Å². The van der Waals surface area contributed by atoms with Crippen LogP contribution in [0.25, 0.3) is 0 Å². The lowest BCUT2D eigenvalue weighted by atomic mass is 10.0. The third-order valence-electron chi connectivity index (χ3n) is 1.52. The third-order valence-corrected chi connectivity index (χ3v) is 1.52. The number of nitrogens with one attached hydrogen (secondary N) is 1. The van der Waals surface area contributed by atoms with Crippen LogP contribution in [0.3, 0.4) is 0 Å². The monoisotopic (exact) mass is 232 g/mol. The van der Waals surface area contributed by atoms with E-state index in [1.54, 1.807) is 34.6 Å². The fraction of sp³-hybridized carbons (Fsp3) is 0.818. The normalized spacial score (nSPS) is 16.2. The molecule has 0 unspecified atom stereocenters. The Bertz CT molecular complexity index is 298. The first-order valence-corrected chi connectivity index (χ1v) is 5.21. The minimum atomic E-state index is -2.05. The summed E-state index contributed by atoms with van der Waals surface area (Å²) in [7, 11) is 0. The van der Waals surface area contributed by atoms with Gasteiger partial charge in [0.05, 0.1) is 1.37 Å². The molecule has 0 bridgehead atoms. The number of aliphatic carboxylic acids is 1. The van der Waals surface area contributed by atoms with E-state index < -0.39 is 23.7 Å². The number of carboxylic acids is 1. The molecule has 0 heterocycles. The molecule has 0 aliphatic rings. The van der Waals surface area contributed by atoms with Crippen molar-refractivity contribution in [3.8, 4) is 0 Å². The Labute approximate surface area is 97.6 Å². The maximum Gasteiger partial charge on any atom is 0.408 e. The van der Waals surface area contributed by atoms with Crippen LogP contribution in [-0.4, -0.2) is 28.8 Å². The molecule has 0 aliphatic heterocycles. The van der Waals surface area contributed by atoms with Gasteiger partial charge in [0.1, 0.15) is 11.6 Å². The summed E-state index contributed by atoms with van der Waals surface area (Å²) < 4.78 is 12.7. The molecule has 5 nitrogen and oxygen atoms in total. The number of carbonyl (C=O) groups excluding carboxylic acids is 1. The van der Waals surface area contributed by atoms with Crippen LogP contribution in [0.1, 0.15) is 42.4 Å². The van der Waals surface area contributed by atoms with Crippen LogP contribution in [0, 0.1) is 5.92 Å². The number of ether oxygens (including phenoxy) is 1. The molecule has 0 fully saturated rings. The minimum Gasteiger partial charge on any atom is -0.480 e. The van der Waals surface area contributed by atoms with Crippen molar-refractivity contribution in [1.29, 1.82) is 0 Å². The number of hydrogen-bond acceptors (Lipinski definition) is 3. The quantitative estimate of drug-likeness (QED) is 0.777. The predicted octanol–water partition coefficient (Wildman–Crippen LogP) is 2.01. The van der Waals surface area contributed by atoms with Crippen LogP contribution in [-0.2, 0) is 9.53 Å². The van der Waals surface area contributed by atoms with Gasteiger partial charge in [0.15, 0.2) is 0 Å². The summed E-state index contributed by atoms with van der Waals surface area (Å²) >= 11 is 0. The van der Waals surface area contributed by atoms with Gasteiger partial charge in [-0.15, -0.1) is 0 Å². The molecule has 1 amide bonds. The molecule has 0 aromatic carbocycles. The molecule has 5 heteroatoms. The van der Waals surface area contributed by atoms with Crippen molar-refractivity contribution in [3.05, 3.63) is 0 Å². The van der Waals surface area contributed by atoms with Crippen LogP contribution in [0.4, 0.5) is 4.79 Å². The lowest BCUT2D eigenvalue weighted by Gasteiger charge is -2.22. The molecule has 0 spiro atoms. The predicted molar refractivity (Wildman–Crippen MR) is 60.2 cm³/mol. The van der Waals surface area contributed by atoms with Crippen molar-refractivity contribution in [2.24, 2.45) is 5.92 Å². The first-order chi connectivity index (χ1) is 7.46. The van der Waals surface area contributed by atoms with E-state index in [-0.39, 0.29) is 12.3 Å². The fourth-order valence-corrected chi connectivity index (χ4v) is 1.03. The highest BCUT2D eigenvalue weighted by molar-refractivity contribution is 5.79. The Morgan fingerprint density at radius 3 is 2.25 bits per heavy atom. The molecule has 16 heavy (non-hydrogen) atoms. The Kier molecular flexibility index (Phi) is 4.58. The topological polar surface area (TPSA) is 75.6 Å². The van der Waals surface area contributed by atoms with Crippen molar-refractivity contribution in [2.75, 3.05) is 0 Å². The molecule has 0 aromatic heterocycles. The van der Waals surface area contributed by atoms with E-state index in [0.29, 0.717) is 0 Å². The van der Waals surface area contributed by atoms with E-state index in [9.17, 15) is 9.59 Å². The van der Waals surface area contributed by atoms with Crippen molar-refractivity contribution >= 4 is 12.1 Å². The van der Waals surface area contributed by atoms with Crippen molar-refractivity contribution in [2.45, 2.75) is 52.7 Å². The average Bonchev–Trinajstić information content (AvgIpc) is 1.96. The number of rotatable bonds is 4. The SMILES string of the molecule is [2H][C@@](CC(C)C)(NC(=O)OC(C)(C)C)C(=O)O. The zero-order valence-electron chi connectivity index (χ0n) is 11.5. The number of hydrogen-bond donors (Lipinski definition) is 2. The molecule has 94 valence electrons. The molecule has 0 saturated heterocycles. The average molecular weight is 232 g/mol. The van der Waals surface area contributed by atoms with Crippen LogP contribution < -0.4 is 5.32 Å². The van der Waals surface area contributed by atoms with Crippen LogP contribution in [0.5, 0.6) is 0 Å². The van der Waals surface area contributed by atoms with Gasteiger partial charge in [0.2, 0.25) is 0 Å². The molecule has 1 atom stereocenters. The summed E-state index contributed by atoms with van der Waals surface area (Å²) in [5, 5.41) is 11.1. The lowest BCUT2D eigenvalue weighted by Crippen LogP contribution is -2.44. The standard InChI is InChI=1S/C11H21NO4/c1-7(2)6-8(9(13)14)12-10(15)16-11(3,4)5/h7-8H,6H2,1-5H3,(H,12,15)(H,13,14)/t8-/m0/s1/i8D. The highest BCUT2D eigenvalue weighted by Gasteiger charge is 2.24. The fourth-order valence-electron chi connectivity index (χ4n) is 1.03. The number of amides is 1. The highest BCUT2D eigenvalue weighted by Crippen LogP contribution is 2.09. The van der Waals surface area contributed by atoms with Crippen LogP contribution in [0.15, 0.2) is 0 Å². The van der Waals surface area contributed by atoms with E-state index in [4.69, 9.17) is 11.2 Å². The van der Waals surface area contributed by atoms with Gasteiger partial charge in [-0.1, -0.05) is 13.8 Å². The van der Waals surface area contributed by atoms with Crippen LogP contribution >= 0.6 is 0 Å². The second-order valence-corrected chi connectivity index (χ2v) is 5.01. The number of carboxylic acid groups (broad SMARTS) is 1. The smallest absolute Gasteiger partial charge is 0.408 e. The molecular weight excluding hydrogens is 210 g/mol. The second kappa shape index (κ2) is 5.72. The first kappa shape index (κ1) is 12.8. The molecule has 2 N–H and O–H groups in total. The molecule has 0 radical (unpaired) electrons. The van der Waals surface area contributed by atoms with E-state index in [0.717, 1.165) is 0 Å². The van der Waals surface area contributed by atoms with Crippen molar-refractivity contribution in [3.63, 3.8) is 0 Å². The number of carbonyl (C=O) groups is 2. The third kappa shape index (κ3) is 7.09. The summed E-state index contributed by atoms with van der Waals surface area (Å²) in [5.74, 6) is -1.42. The number of alkyl carbamates (subject to hydrolysis) is 1. The first-order valence-electron chi connectivity index (χ1n) is 5.71. The maximum atomic E-state index is 11.4. The van der Waals surface area contributed by atoms with Crippen molar-refractivity contribution < 1.29 is 20.8 Å². The van der Waals surface area contributed by atoms with Crippen molar-refractivity contribution in [1.82, 2.24) is 5.32 Å². The maximum absolute atomic E-state index is 11.4. The minimum absolute atomic E-state index is 0.0155. The van der Waals surface area contributed by atoms with Gasteiger partial charge in [-0.05, 0) is 33.1 Å². The Morgan fingerprint density at radius 1 is 1.44 bits per heavy atom. The Balaban J connectivity index is 4.67. The van der Waals surface area contributed by atoms with Gasteiger partial charge in [0.25, 0.3) is 0 Å². The molecular formula is C11H21NO4. The zero-order chi connectivity index (χ0) is 13.9. The largest absolute Gasteiger partial charge is 0.480 e.